The fourth-order valence-corrected chi connectivity index (χ4v) is 2.06. The molecule has 0 spiro atoms. The molecule has 2 rings (SSSR count). The molecule has 0 aliphatic carbocycles. The fraction of sp³-hybridized carbons (Fsp3) is 0.400. The molecule has 1 N–H and O–H groups in total. The van der Waals surface area contributed by atoms with Crippen molar-refractivity contribution in [1.82, 2.24) is 9.78 Å². The topological polar surface area (TPSA) is 47.3 Å². The third kappa shape index (κ3) is 2.96. The number of benzene rings is 1. The number of hydrogen-bond donors (Lipinski definition) is 1. The Balaban J connectivity index is 2.22. The lowest BCUT2D eigenvalue weighted by atomic mass is 10.1. The van der Waals surface area contributed by atoms with Crippen molar-refractivity contribution < 1.29 is 9.84 Å². The first kappa shape index (κ1) is 13.6. The van der Waals surface area contributed by atoms with Gasteiger partial charge < -0.3 is 9.84 Å². The number of hydrogen-bond acceptors (Lipinski definition) is 3. The normalized spacial score (nSPS) is 12.4. The van der Waals surface area contributed by atoms with Crippen LogP contribution in [0.5, 0.6) is 5.75 Å². The second kappa shape index (κ2) is 5.89. The van der Waals surface area contributed by atoms with Crippen molar-refractivity contribution in [3.05, 3.63) is 47.3 Å². The Morgan fingerprint density at radius 2 is 1.95 bits per heavy atom. The molecule has 1 atom stereocenters. The van der Waals surface area contributed by atoms with Crippen molar-refractivity contribution in [3.8, 4) is 5.75 Å². The van der Waals surface area contributed by atoms with Crippen LogP contribution in [0.2, 0.25) is 0 Å². The van der Waals surface area contributed by atoms with Gasteiger partial charge in [0, 0.05) is 7.05 Å². The quantitative estimate of drug-likeness (QED) is 0.898. The van der Waals surface area contributed by atoms with Gasteiger partial charge in [-0.15, -0.1) is 0 Å². The predicted molar refractivity (Wildman–Crippen MR) is 74.3 cm³/mol. The monoisotopic (exact) mass is 260 g/mol. The van der Waals surface area contributed by atoms with Gasteiger partial charge >= 0.3 is 0 Å². The highest BCUT2D eigenvalue weighted by Gasteiger charge is 2.15. The summed E-state index contributed by atoms with van der Waals surface area (Å²) >= 11 is 0. The first-order valence-corrected chi connectivity index (χ1v) is 6.59. The Bertz CT molecular complexity index is 532. The zero-order valence-electron chi connectivity index (χ0n) is 11.6. The minimum absolute atomic E-state index is 0.642. The maximum atomic E-state index is 10.4. The first-order chi connectivity index (χ1) is 9.15. The molecule has 4 nitrogen and oxygen atoms in total. The van der Waals surface area contributed by atoms with Crippen LogP contribution < -0.4 is 4.74 Å². The van der Waals surface area contributed by atoms with Crippen molar-refractivity contribution in [3.63, 3.8) is 0 Å². The van der Waals surface area contributed by atoms with Gasteiger partial charge in [0.15, 0.2) is 0 Å². The predicted octanol–water partition coefficient (Wildman–Crippen LogP) is 2.46. The average molecular weight is 260 g/mol. The summed E-state index contributed by atoms with van der Waals surface area (Å²) < 4.78 is 7.13. The van der Waals surface area contributed by atoms with Gasteiger partial charge in [-0.2, -0.15) is 5.10 Å². The molecule has 0 radical (unpaired) electrons. The first-order valence-electron chi connectivity index (χ1n) is 6.59. The summed E-state index contributed by atoms with van der Waals surface area (Å²) in [6.07, 6.45) is 0.206. The van der Waals surface area contributed by atoms with Crippen molar-refractivity contribution >= 4 is 0 Å². The molecule has 0 bridgehead atoms. The van der Waals surface area contributed by atoms with E-state index >= 15 is 0 Å². The number of aromatic nitrogens is 2. The van der Waals surface area contributed by atoms with E-state index in [1.54, 1.807) is 4.68 Å². The third-order valence-electron chi connectivity index (χ3n) is 3.12. The lowest BCUT2D eigenvalue weighted by Crippen LogP contribution is -2.06. The van der Waals surface area contributed by atoms with E-state index in [0.29, 0.717) is 6.61 Å². The second-order valence-corrected chi connectivity index (χ2v) is 4.44. The van der Waals surface area contributed by atoms with Crippen molar-refractivity contribution in [1.29, 1.82) is 0 Å². The highest BCUT2D eigenvalue weighted by atomic mass is 16.5. The molecule has 1 aromatic heterocycles. The lowest BCUT2D eigenvalue weighted by molar-refractivity contribution is 0.209. The molecule has 2 aromatic rings. The molecule has 0 aliphatic heterocycles. The molecule has 1 aromatic carbocycles. The summed E-state index contributed by atoms with van der Waals surface area (Å²) in [6.45, 7) is 4.64. The van der Waals surface area contributed by atoms with Crippen LogP contribution in [-0.4, -0.2) is 21.5 Å². The second-order valence-electron chi connectivity index (χ2n) is 4.44. The number of aliphatic hydroxyl groups excluding tert-OH is 1. The number of aryl methyl sites for hydroxylation is 2. The van der Waals surface area contributed by atoms with Crippen LogP contribution in [0.15, 0.2) is 30.3 Å². The molecule has 4 heteroatoms. The van der Waals surface area contributed by atoms with Crippen LogP contribution in [0.1, 0.15) is 36.9 Å². The smallest absolute Gasteiger partial charge is 0.121 e. The van der Waals surface area contributed by atoms with Crippen LogP contribution in [-0.2, 0) is 13.5 Å². The van der Waals surface area contributed by atoms with E-state index in [0.717, 1.165) is 29.1 Å². The number of nitrogens with zero attached hydrogens (tertiary/aromatic N) is 2. The highest BCUT2D eigenvalue weighted by Crippen LogP contribution is 2.24. The van der Waals surface area contributed by atoms with Gasteiger partial charge in [0.05, 0.1) is 18.0 Å². The summed E-state index contributed by atoms with van der Waals surface area (Å²) in [5.41, 5.74) is 2.64. The minimum atomic E-state index is -0.659. The van der Waals surface area contributed by atoms with Crippen molar-refractivity contribution in [2.24, 2.45) is 7.05 Å². The molecule has 0 aliphatic rings. The van der Waals surface area contributed by atoms with Gasteiger partial charge in [0.25, 0.3) is 0 Å². The zero-order chi connectivity index (χ0) is 13.8. The summed E-state index contributed by atoms with van der Waals surface area (Å²) in [6, 6.07) is 9.46. The molecule has 0 saturated carbocycles. The molecular formula is C15H20N2O2. The van der Waals surface area contributed by atoms with E-state index in [1.165, 1.54) is 0 Å². The maximum absolute atomic E-state index is 10.4. The van der Waals surface area contributed by atoms with Crippen LogP contribution in [0, 0.1) is 0 Å². The van der Waals surface area contributed by atoms with E-state index in [2.05, 4.69) is 12.0 Å². The van der Waals surface area contributed by atoms with Crippen LogP contribution in [0.4, 0.5) is 0 Å². The third-order valence-corrected chi connectivity index (χ3v) is 3.12. The van der Waals surface area contributed by atoms with E-state index in [-0.39, 0.29) is 0 Å². The van der Waals surface area contributed by atoms with Crippen LogP contribution in [0.25, 0.3) is 0 Å². The van der Waals surface area contributed by atoms with E-state index in [4.69, 9.17) is 4.74 Å². The van der Waals surface area contributed by atoms with E-state index in [1.807, 2.05) is 44.3 Å². The molecule has 102 valence electrons. The van der Waals surface area contributed by atoms with Gasteiger partial charge in [0.1, 0.15) is 11.9 Å². The molecule has 19 heavy (non-hydrogen) atoms. The standard InChI is InChI=1S/C15H20N2O2/c1-4-12-10-14(17(3)16-12)15(18)11-6-8-13(9-7-11)19-5-2/h6-10,15,18H,4-5H2,1-3H3. The Hall–Kier alpha value is -1.81. The average Bonchev–Trinajstić information content (AvgIpc) is 2.80. The van der Waals surface area contributed by atoms with Gasteiger partial charge in [-0.05, 0) is 37.1 Å². The Labute approximate surface area is 113 Å². The number of rotatable bonds is 5. The maximum Gasteiger partial charge on any atom is 0.121 e. The van der Waals surface area contributed by atoms with Crippen molar-refractivity contribution in [2.45, 2.75) is 26.4 Å². The summed E-state index contributed by atoms with van der Waals surface area (Å²) in [4.78, 5) is 0. The van der Waals surface area contributed by atoms with Gasteiger partial charge in [-0.1, -0.05) is 19.1 Å². The van der Waals surface area contributed by atoms with Gasteiger partial charge in [-0.25, -0.2) is 0 Å². The van der Waals surface area contributed by atoms with Crippen LogP contribution >= 0.6 is 0 Å². The Kier molecular flexibility index (Phi) is 4.22. The molecule has 0 amide bonds. The molecule has 1 unspecified atom stereocenters. The Morgan fingerprint density at radius 3 is 2.47 bits per heavy atom. The van der Waals surface area contributed by atoms with E-state index < -0.39 is 6.10 Å². The SMILES string of the molecule is CCOc1ccc(C(O)c2cc(CC)nn2C)cc1. The molecule has 1 heterocycles. The van der Waals surface area contributed by atoms with Crippen LogP contribution in [0.3, 0.4) is 0 Å². The van der Waals surface area contributed by atoms with Gasteiger partial charge in [0.2, 0.25) is 0 Å². The summed E-state index contributed by atoms with van der Waals surface area (Å²) in [5.74, 6) is 0.817. The lowest BCUT2D eigenvalue weighted by Gasteiger charge is -2.12. The number of ether oxygens (including phenoxy) is 1. The summed E-state index contributed by atoms with van der Waals surface area (Å²) in [5, 5.41) is 14.8. The minimum Gasteiger partial charge on any atom is -0.494 e. The molecular weight excluding hydrogens is 240 g/mol. The highest BCUT2D eigenvalue weighted by molar-refractivity contribution is 5.32. The van der Waals surface area contributed by atoms with Crippen molar-refractivity contribution in [2.75, 3.05) is 6.61 Å². The van der Waals surface area contributed by atoms with Gasteiger partial charge in [-0.3, -0.25) is 4.68 Å². The fourth-order valence-electron chi connectivity index (χ4n) is 2.06. The summed E-state index contributed by atoms with van der Waals surface area (Å²) in [7, 11) is 1.85. The molecule has 0 saturated heterocycles. The number of aliphatic hydroxyl groups is 1. The van der Waals surface area contributed by atoms with E-state index in [9.17, 15) is 5.11 Å². The zero-order valence-corrected chi connectivity index (χ0v) is 11.6. The molecule has 0 fully saturated rings. The largest absolute Gasteiger partial charge is 0.494 e. The Morgan fingerprint density at radius 1 is 1.26 bits per heavy atom.